The summed E-state index contributed by atoms with van der Waals surface area (Å²) in [5, 5.41) is 19.8. The van der Waals surface area contributed by atoms with Gasteiger partial charge in [-0.05, 0) is 27.2 Å². The van der Waals surface area contributed by atoms with E-state index in [2.05, 4.69) is 9.97 Å². The van der Waals surface area contributed by atoms with Crippen LogP contribution in [0.4, 0.5) is 0 Å². The molecule has 0 aromatic carbocycles. The first-order valence-electron chi connectivity index (χ1n) is 10.7. The van der Waals surface area contributed by atoms with E-state index in [1.54, 1.807) is 25.7 Å². The third kappa shape index (κ3) is 6.54. The van der Waals surface area contributed by atoms with Crippen molar-refractivity contribution in [3.8, 4) is 5.75 Å². The van der Waals surface area contributed by atoms with Crippen molar-refractivity contribution in [2.45, 2.75) is 33.1 Å². The van der Waals surface area contributed by atoms with Gasteiger partial charge in [0.05, 0.1) is 25.9 Å². The Balaban J connectivity index is 2.46. The zero-order valence-electron chi connectivity index (χ0n) is 18.8. The summed E-state index contributed by atoms with van der Waals surface area (Å²) in [7, 11) is 0. The van der Waals surface area contributed by atoms with E-state index < -0.39 is 40.8 Å². The molecule has 1 aliphatic heterocycles. The Hall–Kier alpha value is -3.41. The fraction of sp³-hybridized carbons (Fsp3) is 0.571. The highest BCUT2D eigenvalue weighted by atomic mass is 16.5. The summed E-state index contributed by atoms with van der Waals surface area (Å²) < 4.78 is 14.8. The summed E-state index contributed by atoms with van der Waals surface area (Å²) in [4.78, 5) is 57.0. The lowest BCUT2D eigenvalue weighted by Gasteiger charge is -2.38. The number of hydrogen-bond donors (Lipinski definition) is 3. The minimum atomic E-state index is -0.955. The molecule has 2 rings (SSSR count). The molecule has 0 aliphatic carbocycles. The predicted molar refractivity (Wildman–Crippen MR) is 113 cm³/mol. The lowest BCUT2D eigenvalue weighted by Crippen LogP contribution is -2.43. The number of nitrogens with zero attached hydrogens (tertiary/aromatic N) is 2. The molecule has 1 saturated heterocycles. The molecule has 0 amide bonds. The van der Waals surface area contributed by atoms with E-state index in [0.717, 1.165) is 6.08 Å². The van der Waals surface area contributed by atoms with Crippen molar-refractivity contribution in [1.29, 1.82) is 0 Å². The summed E-state index contributed by atoms with van der Waals surface area (Å²) in [5.41, 5.74) is -1.51. The lowest BCUT2D eigenvalue weighted by atomic mass is 9.88. The number of aromatic amines is 1. The molecule has 1 aliphatic rings. The number of aliphatic hydroxyl groups is 1. The minimum absolute atomic E-state index is 0.0213. The van der Waals surface area contributed by atoms with Crippen LogP contribution < -0.4 is 5.56 Å². The van der Waals surface area contributed by atoms with Crippen LogP contribution in [0.25, 0.3) is 0 Å². The number of nitrogens with one attached hydrogen (secondary N) is 1. The van der Waals surface area contributed by atoms with Crippen LogP contribution >= 0.6 is 0 Å². The second-order valence-electron chi connectivity index (χ2n) is 7.26. The Morgan fingerprint density at radius 1 is 1.12 bits per heavy atom. The Labute approximate surface area is 190 Å². The van der Waals surface area contributed by atoms with Crippen LogP contribution in [0.2, 0.25) is 0 Å². The number of likely N-dealkylation sites (tertiary alicyclic amines) is 1. The van der Waals surface area contributed by atoms with Gasteiger partial charge in [0.15, 0.2) is 5.69 Å². The SMILES string of the molecule is CCOC(=O)/C=C(\C(=O)OCC)N1CC(CO)CC(c2nc(C(=O)OCC)c(O)c(=O)[nH]2)C1. The molecule has 2 atom stereocenters. The molecule has 1 aromatic heterocycles. The van der Waals surface area contributed by atoms with Gasteiger partial charge in [-0.1, -0.05) is 0 Å². The highest BCUT2D eigenvalue weighted by molar-refractivity contribution is 5.96. The van der Waals surface area contributed by atoms with Crippen LogP contribution in [-0.2, 0) is 23.8 Å². The van der Waals surface area contributed by atoms with Crippen molar-refractivity contribution in [2.24, 2.45) is 5.92 Å². The molecule has 0 spiro atoms. The second-order valence-corrected chi connectivity index (χ2v) is 7.26. The molecule has 3 N–H and O–H groups in total. The molecule has 0 bridgehead atoms. The maximum absolute atomic E-state index is 12.6. The van der Waals surface area contributed by atoms with Gasteiger partial charge in [-0.2, -0.15) is 0 Å². The van der Waals surface area contributed by atoms with Crippen LogP contribution in [0.15, 0.2) is 16.6 Å². The van der Waals surface area contributed by atoms with E-state index >= 15 is 0 Å². The van der Waals surface area contributed by atoms with Crippen molar-refractivity contribution in [3.63, 3.8) is 0 Å². The first-order chi connectivity index (χ1) is 15.7. The van der Waals surface area contributed by atoms with E-state index in [1.807, 2.05) is 0 Å². The number of aromatic hydroxyl groups is 1. The Kier molecular flexibility index (Phi) is 9.40. The van der Waals surface area contributed by atoms with Gasteiger partial charge >= 0.3 is 17.9 Å². The van der Waals surface area contributed by atoms with Gasteiger partial charge in [0.2, 0.25) is 5.75 Å². The van der Waals surface area contributed by atoms with Gasteiger partial charge in [0.25, 0.3) is 5.56 Å². The molecule has 0 saturated carbocycles. The van der Waals surface area contributed by atoms with Crippen LogP contribution in [-0.4, -0.2) is 82.5 Å². The van der Waals surface area contributed by atoms with Gasteiger partial charge in [0.1, 0.15) is 11.5 Å². The molecule has 2 unspecified atom stereocenters. The minimum Gasteiger partial charge on any atom is -0.501 e. The maximum atomic E-state index is 12.6. The van der Waals surface area contributed by atoms with Crippen LogP contribution in [0.1, 0.15) is 49.4 Å². The summed E-state index contributed by atoms with van der Waals surface area (Å²) >= 11 is 0. The smallest absolute Gasteiger partial charge is 0.361 e. The zero-order chi connectivity index (χ0) is 24.5. The van der Waals surface area contributed by atoms with E-state index in [4.69, 9.17) is 14.2 Å². The van der Waals surface area contributed by atoms with Crippen molar-refractivity contribution >= 4 is 17.9 Å². The van der Waals surface area contributed by atoms with Crippen LogP contribution in [0.3, 0.4) is 0 Å². The highest BCUT2D eigenvalue weighted by Crippen LogP contribution is 2.31. The standard InChI is InChI=1S/C21H29N3O9/c1-4-31-15(26)8-14(20(29)32-5-2)24-9-12(11-25)7-13(10-24)18-22-16(21(30)33-6-3)17(27)19(28)23-18/h8,12-13,25,27H,4-7,9-11H2,1-3H3,(H,22,23,28)/b14-8+. The number of hydrogen-bond acceptors (Lipinski definition) is 11. The largest absolute Gasteiger partial charge is 0.501 e. The molecule has 1 fully saturated rings. The maximum Gasteiger partial charge on any atom is 0.361 e. The molecule has 1 aromatic rings. The first kappa shape index (κ1) is 25.8. The number of carbonyl (C=O) groups is 3. The first-order valence-corrected chi connectivity index (χ1v) is 10.7. The number of aromatic nitrogens is 2. The normalized spacial score (nSPS) is 18.5. The van der Waals surface area contributed by atoms with Gasteiger partial charge in [-0.15, -0.1) is 0 Å². The third-order valence-corrected chi connectivity index (χ3v) is 4.93. The molecule has 2 heterocycles. The Bertz CT molecular complexity index is 957. The average molecular weight is 467 g/mol. The van der Waals surface area contributed by atoms with Crippen molar-refractivity contribution in [2.75, 3.05) is 39.5 Å². The molecule has 12 nitrogen and oxygen atoms in total. The topological polar surface area (TPSA) is 168 Å². The van der Waals surface area contributed by atoms with Gasteiger partial charge < -0.3 is 34.3 Å². The van der Waals surface area contributed by atoms with E-state index in [-0.39, 0.29) is 57.0 Å². The number of rotatable bonds is 9. The number of carbonyl (C=O) groups excluding carboxylic acids is 3. The fourth-order valence-electron chi connectivity index (χ4n) is 3.53. The Morgan fingerprint density at radius 3 is 2.39 bits per heavy atom. The lowest BCUT2D eigenvalue weighted by molar-refractivity contribution is -0.142. The third-order valence-electron chi connectivity index (χ3n) is 4.93. The molecule has 0 radical (unpaired) electrons. The van der Waals surface area contributed by atoms with Crippen molar-refractivity contribution in [3.05, 3.63) is 33.6 Å². The van der Waals surface area contributed by atoms with Crippen molar-refractivity contribution < 1.29 is 38.8 Å². The predicted octanol–water partition coefficient (Wildman–Crippen LogP) is 0.0601. The summed E-state index contributed by atoms with van der Waals surface area (Å²) in [6.45, 7) is 5.13. The number of H-pyrrole nitrogens is 1. The number of piperidine rings is 1. The summed E-state index contributed by atoms with van der Waals surface area (Å²) in [6, 6.07) is 0. The van der Waals surface area contributed by atoms with Crippen LogP contribution in [0.5, 0.6) is 5.75 Å². The highest BCUT2D eigenvalue weighted by Gasteiger charge is 2.34. The van der Waals surface area contributed by atoms with Gasteiger partial charge in [-0.3, -0.25) is 4.79 Å². The molecular weight excluding hydrogens is 438 g/mol. The van der Waals surface area contributed by atoms with Crippen molar-refractivity contribution in [1.82, 2.24) is 14.9 Å². The Morgan fingerprint density at radius 2 is 1.79 bits per heavy atom. The molecular formula is C21H29N3O9. The monoisotopic (exact) mass is 467 g/mol. The van der Waals surface area contributed by atoms with Gasteiger partial charge in [0, 0.05) is 31.5 Å². The zero-order valence-corrected chi connectivity index (χ0v) is 18.8. The molecule has 182 valence electrons. The summed E-state index contributed by atoms with van der Waals surface area (Å²) in [5.74, 6) is -4.14. The quantitative estimate of drug-likeness (QED) is 0.255. The van der Waals surface area contributed by atoms with Crippen LogP contribution in [0, 0.1) is 5.92 Å². The average Bonchev–Trinajstić information content (AvgIpc) is 2.79. The number of aliphatic hydroxyl groups excluding tert-OH is 1. The number of esters is 3. The van der Waals surface area contributed by atoms with E-state index in [0.29, 0.717) is 6.42 Å². The van der Waals surface area contributed by atoms with Gasteiger partial charge in [-0.25, -0.2) is 19.4 Å². The summed E-state index contributed by atoms with van der Waals surface area (Å²) in [6.07, 6.45) is 1.38. The molecule has 12 heteroatoms. The van der Waals surface area contributed by atoms with E-state index in [9.17, 15) is 29.4 Å². The fourth-order valence-corrected chi connectivity index (χ4v) is 3.53. The molecule has 33 heavy (non-hydrogen) atoms. The number of ether oxygens (including phenoxy) is 3. The second kappa shape index (κ2) is 12.0. The van der Waals surface area contributed by atoms with E-state index in [1.165, 1.54) is 0 Å².